The minimum atomic E-state index is -0.595. The Balaban J connectivity index is 1.54. The molecule has 34 heavy (non-hydrogen) atoms. The molecule has 0 bridgehead atoms. The van der Waals surface area contributed by atoms with Crippen LogP contribution in [-0.2, 0) is 11.2 Å². The molecule has 0 spiro atoms. The van der Waals surface area contributed by atoms with E-state index < -0.39 is 6.04 Å². The Morgan fingerprint density at radius 1 is 0.853 bits per heavy atom. The van der Waals surface area contributed by atoms with Crippen LogP contribution < -0.4 is 4.90 Å². The summed E-state index contributed by atoms with van der Waals surface area (Å²) in [6.07, 6.45) is 0.474. The van der Waals surface area contributed by atoms with Crippen molar-refractivity contribution in [1.29, 1.82) is 0 Å². The zero-order valence-corrected chi connectivity index (χ0v) is 19.4. The van der Waals surface area contributed by atoms with E-state index in [1.165, 1.54) is 0 Å². The number of phenolic OH excluding ortho intramolecular Hbond substituents is 1. The molecule has 0 radical (unpaired) electrons. The summed E-state index contributed by atoms with van der Waals surface area (Å²) >= 11 is 6.33. The van der Waals surface area contributed by atoms with Crippen molar-refractivity contribution in [2.45, 2.75) is 12.5 Å². The summed E-state index contributed by atoms with van der Waals surface area (Å²) in [6.45, 7) is 0. The number of halogens is 1. The van der Waals surface area contributed by atoms with E-state index in [1.807, 2.05) is 30.3 Å². The summed E-state index contributed by atoms with van der Waals surface area (Å²) in [7, 11) is 1.77. The first kappa shape index (κ1) is 21.9. The highest BCUT2D eigenvalue weighted by molar-refractivity contribution is 6.32. The van der Waals surface area contributed by atoms with Crippen LogP contribution in [0, 0.1) is 0 Å². The van der Waals surface area contributed by atoms with Crippen LogP contribution >= 0.6 is 11.6 Å². The number of amides is 1. The van der Waals surface area contributed by atoms with Crippen LogP contribution in [0.5, 0.6) is 5.75 Å². The predicted molar refractivity (Wildman–Crippen MR) is 138 cm³/mol. The normalized spacial score (nSPS) is 15.5. The molecule has 1 aliphatic rings. The van der Waals surface area contributed by atoms with Crippen molar-refractivity contribution in [3.8, 4) is 16.9 Å². The van der Waals surface area contributed by atoms with Gasteiger partial charge in [0.1, 0.15) is 11.8 Å². The fourth-order valence-electron chi connectivity index (χ4n) is 4.28. The molecule has 4 aromatic rings. The Morgan fingerprint density at radius 2 is 1.50 bits per heavy atom. The fourth-order valence-corrected chi connectivity index (χ4v) is 4.45. The van der Waals surface area contributed by atoms with Gasteiger partial charge >= 0.3 is 0 Å². The number of carbonyl (C=O) groups is 1. The Labute approximate surface area is 203 Å². The van der Waals surface area contributed by atoms with Gasteiger partial charge in [0.2, 0.25) is 0 Å². The first-order valence-electron chi connectivity index (χ1n) is 11.1. The van der Waals surface area contributed by atoms with Crippen molar-refractivity contribution in [1.82, 2.24) is 0 Å². The van der Waals surface area contributed by atoms with Crippen LogP contribution in [0.1, 0.15) is 16.7 Å². The lowest BCUT2D eigenvalue weighted by Crippen LogP contribution is -2.36. The number of aliphatic imine (C=N–C) groups is 1. The van der Waals surface area contributed by atoms with Crippen LogP contribution in [0.3, 0.4) is 0 Å². The molecule has 1 atom stereocenters. The number of fused-ring (bicyclic) bond motifs is 1. The minimum Gasteiger partial charge on any atom is -0.508 e. The van der Waals surface area contributed by atoms with Crippen molar-refractivity contribution < 1.29 is 9.90 Å². The highest BCUT2D eigenvalue weighted by Crippen LogP contribution is 2.31. The van der Waals surface area contributed by atoms with Crippen LogP contribution in [0.4, 0.5) is 5.69 Å². The lowest BCUT2D eigenvalue weighted by molar-refractivity contribution is -0.119. The van der Waals surface area contributed by atoms with Gasteiger partial charge in [-0.1, -0.05) is 66.2 Å². The van der Waals surface area contributed by atoms with Gasteiger partial charge < -0.3 is 10.0 Å². The van der Waals surface area contributed by atoms with Gasteiger partial charge in [0.15, 0.2) is 0 Å². The first-order valence-corrected chi connectivity index (χ1v) is 11.5. The lowest BCUT2D eigenvalue weighted by atomic mass is 9.99. The van der Waals surface area contributed by atoms with Gasteiger partial charge in [0.25, 0.3) is 5.91 Å². The average molecular weight is 467 g/mol. The van der Waals surface area contributed by atoms with E-state index in [0.29, 0.717) is 17.2 Å². The maximum absolute atomic E-state index is 13.5. The molecular weight excluding hydrogens is 444 g/mol. The van der Waals surface area contributed by atoms with E-state index >= 15 is 0 Å². The van der Waals surface area contributed by atoms with E-state index in [1.54, 1.807) is 42.3 Å². The maximum Gasteiger partial charge on any atom is 0.251 e. The topological polar surface area (TPSA) is 52.9 Å². The molecule has 4 aromatic carbocycles. The average Bonchev–Trinajstić information content (AvgIpc) is 2.96. The van der Waals surface area contributed by atoms with E-state index in [9.17, 15) is 9.90 Å². The zero-order valence-electron chi connectivity index (χ0n) is 18.6. The second kappa shape index (κ2) is 9.16. The third-order valence-corrected chi connectivity index (χ3v) is 6.34. The standard InChI is InChI=1S/C29H23ClN2O2/c1-32-27-16-13-23(30)18-25(27)28(22-11-14-24(33)15-12-22)31-26(29(32)34)17-19-7-9-21(10-8-19)20-5-3-2-4-6-20/h2-16,18,26,33H,17H2,1H3. The van der Waals surface area contributed by atoms with Gasteiger partial charge in [-0.05, 0) is 59.2 Å². The van der Waals surface area contributed by atoms with Crippen molar-refractivity contribution in [2.24, 2.45) is 4.99 Å². The molecule has 5 heteroatoms. The first-order chi connectivity index (χ1) is 16.5. The molecule has 5 rings (SSSR count). The highest BCUT2D eigenvalue weighted by atomic mass is 35.5. The largest absolute Gasteiger partial charge is 0.508 e. The predicted octanol–water partition coefficient (Wildman–Crippen LogP) is 6.14. The second-order valence-electron chi connectivity index (χ2n) is 8.37. The zero-order chi connectivity index (χ0) is 23.7. The van der Waals surface area contributed by atoms with Gasteiger partial charge in [0.05, 0.1) is 11.4 Å². The number of phenols is 1. The van der Waals surface area contributed by atoms with Gasteiger partial charge in [-0.3, -0.25) is 9.79 Å². The lowest BCUT2D eigenvalue weighted by Gasteiger charge is -2.20. The van der Waals surface area contributed by atoms with E-state index in [4.69, 9.17) is 16.6 Å². The Kier molecular flexibility index (Phi) is 5.91. The molecule has 1 amide bonds. The molecule has 168 valence electrons. The van der Waals surface area contributed by atoms with Gasteiger partial charge in [-0.25, -0.2) is 0 Å². The molecule has 4 nitrogen and oxygen atoms in total. The van der Waals surface area contributed by atoms with Crippen LogP contribution in [0.2, 0.25) is 5.02 Å². The molecule has 1 unspecified atom stereocenters. The highest BCUT2D eigenvalue weighted by Gasteiger charge is 2.30. The van der Waals surface area contributed by atoms with Crippen LogP contribution in [0.25, 0.3) is 11.1 Å². The monoisotopic (exact) mass is 466 g/mol. The third-order valence-electron chi connectivity index (χ3n) is 6.11. The number of rotatable bonds is 4. The van der Waals surface area contributed by atoms with Crippen LogP contribution in [-0.4, -0.2) is 29.8 Å². The molecule has 1 heterocycles. The number of benzene rings is 4. The van der Waals surface area contributed by atoms with Gasteiger partial charge in [0, 0.05) is 29.6 Å². The van der Waals surface area contributed by atoms with Crippen molar-refractivity contribution in [3.63, 3.8) is 0 Å². The summed E-state index contributed by atoms with van der Waals surface area (Å²) < 4.78 is 0. The smallest absolute Gasteiger partial charge is 0.251 e. The summed E-state index contributed by atoms with van der Waals surface area (Å²) in [6, 6.07) is 30.2. The number of aromatic hydroxyl groups is 1. The SMILES string of the molecule is CN1C(=O)C(Cc2ccc(-c3ccccc3)cc2)N=C(c2ccc(O)cc2)c2cc(Cl)ccc21. The Morgan fingerprint density at radius 3 is 2.21 bits per heavy atom. The third kappa shape index (κ3) is 4.33. The molecule has 0 aromatic heterocycles. The molecule has 0 saturated carbocycles. The summed E-state index contributed by atoms with van der Waals surface area (Å²) in [5.74, 6) is 0.0945. The quantitative estimate of drug-likeness (QED) is 0.393. The molecule has 1 N–H and O–H groups in total. The molecule has 1 aliphatic heterocycles. The molecular formula is C29H23ClN2O2. The summed E-state index contributed by atoms with van der Waals surface area (Å²) in [5, 5.41) is 10.3. The molecule has 0 aliphatic carbocycles. The number of likely N-dealkylation sites (N-methyl/N-ethyl adjacent to an activating group) is 1. The summed E-state index contributed by atoms with van der Waals surface area (Å²) in [5.41, 5.74) is 6.35. The maximum atomic E-state index is 13.5. The minimum absolute atomic E-state index is 0.0792. The Hall–Kier alpha value is -3.89. The number of hydrogen-bond donors (Lipinski definition) is 1. The van der Waals surface area contributed by atoms with E-state index in [2.05, 4.69) is 36.4 Å². The molecule has 0 saturated heterocycles. The Bertz CT molecular complexity index is 1360. The van der Waals surface area contributed by atoms with E-state index in [0.717, 1.165) is 33.5 Å². The van der Waals surface area contributed by atoms with Gasteiger partial charge in [-0.2, -0.15) is 0 Å². The number of benzodiazepines with no additional fused rings is 1. The number of carbonyl (C=O) groups excluding carboxylic acids is 1. The number of anilines is 1. The fraction of sp³-hybridized carbons (Fsp3) is 0.103. The van der Waals surface area contributed by atoms with Crippen LogP contribution in [0.15, 0.2) is 102 Å². The van der Waals surface area contributed by atoms with Crippen molar-refractivity contribution in [2.75, 3.05) is 11.9 Å². The van der Waals surface area contributed by atoms with Crippen molar-refractivity contribution in [3.05, 3.63) is 119 Å². The number of hydrogen-bond acceptors (Lipinski definition) is 3. The van der Waals surface area contributed by atoms with Gasteiger partial charge in [-0.15, -0.1) is 0 Å². The van der Waals surface area contributed by atoms with Crippen molar-refractivity contribution >= 4 is 28.9 Å². The summed E-state index contributed by atoms with van der Waals surface area (Å²) in [4.78, 5) is 20.1. The number of nitrogens with zero attached hydrogens (tertiary/aromatic N) is 2. The molecule has 0 fully saturated rings. The van der Waals surface area contributed by atoms with E-state index in [-0.39, 0.29) is 11.7 Å². The second-order valence-corrected chi connectivity index (χ2v) is 8.80.